The number of para-hydroxylation sites is 3. The van der Waals surface area contributed by atoms with Crippen LogP contribution in [0, 0.1) is 13.8 Å². The SMILES string of the molecule is Cc1cccc(N(c2cccc(-c3cccc(-c4ccccc4C(C)C)c3)c2O)c2cc(C3CCCC3)c3ccc4c(N(c5cccc(C)c5)c5cccc6c5oc5c(-c7ccccc7C(C)C)cccc56)cc(C5CCCC5)c5ccc2c3c54)c1. The lowest BCUT2D eigenvalue weighted by Crippen LogP contribution is -2.14. The molecule has 1 heterocycles. The highest BCUT2D eigenvalue weighted by molar-refractivity contribution is 6.30. The minimum Gasteiger partial charge on any atom is -0.505 e. The van der Waals surface area contributed by atoms with Crippen LogP contribution in [0.25, 0.3) is 87.6 Å². The Hall–Kier alpha value is -9.12. The van der Waals surface area contributed by atoms with Gasteiger partial charge >= 0.3 is 0 Å². The molecule has 4 heteroatoms. The van der Waals surface area contributed by atoms with Gasteiger partial charge in [-0.3, -0.25) is 0 Å². The average molecular weight is 1120 g/mol. The smallest absolute Gasteiger partial charge is 0.159 e. The van der Waals surface area contributed by atoms with Crippen molar-refractivity contribution in [1.29, 1.82) is 0 Å². The number of anilines is 6. The van der Waals surface area contributed by atoms with Crippen molar-refractivity contribution in [2.24, 2.45) is 0 Å². The first-order valence-electron chi connectivity index (χ1n) is 31.6. The molecule has 13 aromatic rings. The fraction of sp³-hybridized carbons (Fsp3) is 0.220. The molecule has 2 aliphatic rings. The van der Waals surface area contributed by atoms with E-state index in [9.17, 15) is 5.11 Å². The van der Waals surface area contributed by atoms with E-state index in [-0.39, 0.29) is 5.75 Å². The van der Waals surface area contributed by atoms with E-state index in [1.54, 1.807) is 0 Å². The number of phenolic OH excluding ortho intramolecular Hbond substituents is 1. The Morgan fingerprint density at radius 1 is 0.372 bits per heavy atom. The van der Waals surface area contributed by atoms with Gasteiger partial charge in [-0.25, -0.2) is 0 Å². The minimum atomic E-state index is 0.257. The molecule has 2 aliphatic carbocycles. The van der Waals surface area contributed by atoms with Crippen LogP contribution in [0.3, 0.4) is 0 Å². The van der Waals surface area contributed by atoms with E-state index in [4.69, 9.17) is 4.42 Å². The first-order chi connectivity index (χ1) is 42.1. The fourth-order valence-electron chi connectivity index (χ4n) is 15.4. The number of phenols is 1. The van der Waals surface area contributed by atoms with E-state index in [1.807, 2.05) is 0 Å². The summed E-state index contributed by atoms with van der Waals surface area (Å²) in [5.74, 6) is 1.79. The molecule has 424 valence electrons. The highest BCUT2D eigenvalue weighted by Crippen LogP contribution is 2.56. The van der Waals surface area contributed by atoms with Crippen LogP contribution in [0.15, 0.2) is 217 Å². The molecule has 86 heavy (non-hydrogen) atoms. The van der Waals surface area contributed by atoms with Gasteiger partial charge in [-0.05, 0) is 195 Å². The standard InChI is InChI=1S/C82H74N2O2/c1-50(2)60-31-11-13-33-62(60)56-27-17-28-57(47-56)63-35-19-39-74(80(63)85)83(58-29-15-21-52(5)45-58)76-48-72(54-23-7-8-24-54)65-42-44-71-77(49-73(55-25-9-10-26-55)66-41-43-70(76)78(65)79(66)71)84(59-30-16-22-53(6)46-59)75-40-20-38-69-68-37-18-36-67(81(68)86-82(69)75)64-34-14-12-32-61(64)51(3)4/h11-22,27-51,54-55,85H,7-10,23-26H2,1-6H3. The van der Waals surface area contributed by atoms with E-state index in [0.717, 1.165) is 110 Å². The Morgan fingerprint density at radius 3 is 1.40 bits per heavy atom. The van der Waals surface area contributed by atoms with Crippen molar-refractivity contribution in [3.05, 3.63) is 246 Å². The highest BCUT2D eigenvalue weighted by Gasteiger charge is 2.32. The van der Waals surface area contributed by atoms with Crippen molar-refractivity contribution in [2.75, 3.05) is 9.80 Å². The number of benzene rings is 12. The lowest BCUT2D eigenvalue weighted by molar-refractivity contribution is 0.478. The third-order valence-electron chi connectivity index (χ3n) is 19.5. The summed E-state index contributed by atoms with van der Waals surface area (Å²) in [6.45, 7) is 13.5. The minimum absolute atomic E-state index is 0.257. The largest absolute Gasteiger partial charge is 0.505 e. The Labute approximate surface area is 506 Å². The molecular formula is C82H74N2O2. The molecular weight excluding hydrogens is 1040 g/mol. The monoisotopic (exact) mass is 1120 g/mol. The molecule has 1 N–H and O–H groups in total. The van der Waals surface area contributed by atoms with Gasteiger partial charge in [0.15, 0.2) is 5.58 Å². The van der Waals surface area contributed by atoms with Crippen LogP contribution in [0.1, 0.15) is 136 Å². The van der Waals surface area contributed by atoms with Gasteiger partial charge in [-0.15, -0.1) is 0 Å². The third kappa shape index (κ3) is 9.02. The lowest BCUT2D eigenvalue weighted by atomic mass is 9.82. The average Bonchev–Trinajstić information content (AvgIpc) is 1.01. The second-order valence-electron chi connectivity index (χ2n) is 25.5. The van der Waals surface area contributed by atoms with Crippen molar-refractivity contribution in [1.82, 2.24) is 0 Å². The van der Waals surface area contributed by atoms with Gasteiger partial charge in [0.25, 0.3) is 0 Å². The van der Waals surface area contributed by atoms with Gasteiger partial charge in [0, 0.05) is 44.0 Å². The summed E-state index contributed by atoms with van der Waals surface area (Å²) in [4.78, 5) is 4.91. The van der Waals surface area contributed by atoms with Crippen molar-refractivity contribution in [3.8, 4) is 39.1 Å². The molecule has 1 aromatic heterocycles. The van der Waals surface area contributed by atoms with Gasteiger partial charge in [-0.2, -0.15) is 0 Å². The first kappa shape index (κ1) is 53.6. The number of fused-ring (bicyclic) bond motifs is 3. The van der Waals surface area contributed by atoms with E-state index in [1.165, 1.54) is 96.9 Å². The van der Waals surface area contributed by atoms with Crippen molar-refractivity contribution in [2.45, 2.75) is 117 Å². The van der Waals surface area contributed by atoms with Crippen LogP contribution in [-0.2, 0) is 0 Å². The predicted octanol–water partition coefficient (Wildman–Crippen LogP) is 24.3. The summed E-state index contributed by atoms with van der Waals surface area (Å²) >= 11 is 0. The molecule has 0 atom stereocenters. The summed E-state index contributed by atoms with van der Waals surface area (Å²) < 4.78 is 7.44. The number of furan rings is 1. The van der Waals surface area contributed by atoms with E-state index < -0.39 is 0 Å². The summed E-state index contributed by atoms with van der Waals surface area (Å²) in [5.41, 5.74) is 22.2. The van der Waals surface area contributed by atoms with Gasteiger partial charge in [0.2, 0.25) is 0 Å². The van der Waals surface area contributed by atoms with Gasteiger partial charge < -0.3 is 19.3 Å². The maximum atomic E-state index is 13.2. The molecule has 15 rings (SSSR count). The van der Waals surface area contributed by atoms with Crippen LogP contribution < -0.4 is 9.80 Å². The highest BCUT2D eigenvalue weighted by atomic mass is 16.3. The zero-order valence-electron chi connectivity index (χ0n) is 50.4. The van der Waals surface area contributed by atoms with Gasteiger partial charge in [0.05, 0.1) is 22.7 Å². The van der Waals surface area contributed by atoms with Gasteiger partial charge in [0.1, 0.15) is 11.3 Å². The van der Waals surface area contributed by atoms with E-state index >= 15 is 0 Å². The number of hydrogen-bond acceptors (Lipinski definition) is 4. The quantitative estimate of drug-likeness (QED) is 0.117. The normalized spacial score (nSPS) is 14.2. The maximum absolute atomic E-state index is 13.2. The first-order valence-corrected chi connectivity index (χ1v) is 31.6. The second kappa shape index (κ2) is 21.7. The Balaban J connectivity index is 1.00. The molecule has 0 radical (unpaired) electrons. The van der Waals surface area contributed by atoms with Crippen LogP contribution >= 0.6 is 0 Å². The number of aryl methyl sites for hydroxylation is 2. The molecule has 0 bridgehead atoms. The number of rotatable bonds is 13. The van der Waals surface area contributed by atoms with Crippen molar-refractivity contribution >= 4 is 88.4 Å². The summed E-state index contributed by atoms with van der Waals surface area (Å²) in [6, 6.07) is 78.8. The molecule has 0 saturated heterocycles. The summed E-state index contributed by atoms with van der Waals surface area (Å²) in [6.07, 6.45) is 9.51. The van der Waals surface area contributed by atoms with Gasteiger partial charge in [-0.1, -0.05) is 211 Å². The Morgan fingerprint density at radius 2 is 0.814 bits per heavy atom. The zero-order valence-corrected chi connectivity index (χ0v) is 50.4. The van der Waals surface area contributed by atoms with Crippen molar-refractivity contribution in [3.63, 3.8) is 0 Å². The number of nitrogens with zero attached hydrogens (tertiary/aromatic N) is 2. The second-order valence-corrected chi connectivity index (χ2v) is 25.5. The Bertz CT molecular complexity index is 4740. The molecule has 0 spiro atoms. The number of aromatic hydroxyl groups is 1. The molecule has 0 unspecified atom stereocenters. The summed E-state index contributed by atoms with van der Waals surface area (Å²) in [5, 5.41) is 23.1. The fourth-order valence-corrected chi connectivity index (χ4v) is 15.4. The lowest BCUT2D eigenvalue weighted by Gasteiger charge is -2.32. The summed E-state index contributed by atoms with van der Waals surface area (Å²) in [7, 11) is 0. The number of hydrogen-bond donors (Lipinski definition) is 1. The molecule has 2 saturated carbocycles. The molecule has 0 amide bonds. The molecule has 0 aliphatic heterocycles. The van der Waals surface area contributed by atoms with E-state index in [0.29, 0.717) is 23.7 Å². The van der Waals surface area contributed by atoms with Crippen molar-refractivity contribution < 1.29 is 9.52 Å². The predicted molar refractivity (Wildman–Crippen MR) is 365 cm³/mol. The van der Waals surface area contributed by atoms with Crippen LogP contribution in [-0.4, -0.2) is 5.11 Å². The van der Waals surface area contributed by atoms with Crippen LogP contribution in [0.5, 0.6) is 5.75 Å². The molecule has 12 aromatic carbocycles. The van der Waals surface area contributed by atoms with Crippen LogP contribution in [0.2, 0.25) is 0 Å². The molecule has 2 fully saturated rings. The third-order valence-corrected chi connectivity index (χ3v) is 19.5. The maximum Gasteiger partial charge on any atom is 0.159 e. The van der Waals surface area contributed by atoms with E-state index in [2.05, 4.69) is 264 Å². The zero-order chi connectivity index (χ0) is 58.3. The Kier molecular flexibility index (Phi) is 13.6. The molecule has 4 nitrogen and oxygen atoms in total. The topological polar surface area (TPSA) is 39.9 Å². The van der Waals surface area contributed by atoms with Crippen LogP contribution in [0.4, 0.5) is 34.1 Å².